The summed E-state index contributed by atoms with van der Waals surface area (Å²) in [6.45, 7) is 3.05. The normalized spacial score (nSPS) is 22.7. The highest BCUT2D eigenvalue weighted by molar-refractivity contribution is 5.47. The first-order valence-electron chi connectivity index (χ1n) is 6.51. The molecule has 0 N–H and O–H groups in total. The number of halogens is 5. The smallest absolute Gasteiger partial charge is 0.200 e. The molecule has 1 heterocycles. The molecule has 1 nitrogen and oxygen atoms in total. The van der Waals surface area contributed by atoms with Crippen molar-refractivity contribution in [3.8, 4) is 0 Å². The molecule has 1 aliphatic rings. The molecule has 1 aliphatic heterocycles. The number of hydrogen-bond donors (Lipinski definition) is 0. The lowest BCUT2D eigenvalue weighted by molar-refractivity contribution is 0.282. The predicted octanol–water partition coefficient (Wildman–Crippen LogP) is 4.43. The van der Waals surface area contributed by atoms with Gasteiger partial charge >= 0.3 is 0 Å². The van der Waals surface area contributed by atoms with Gasteiger partial charge < -0.3 is 4.74 Å². The number of epoxide rings is 1. The Labute approximate surface area is 123 Å². The van der Waals surface area contributed by atoms with Gasteiger partial charge in [0.1, 0.15) is 5.60 Å². The number of benzene rings is 2. The number of ether oxygens (including phenoxy) is 1. The van der Waals surface area contributed by atoms with E-state index in [4.69, 9.17) is 4.74 Å². The van der Waals surface area contributed by atoms with Crippen LogP contribution in [-0.4, -0.2) is 5.60 Å². The van der Waals surface area contributed by atoms with Crippen molar-refractivity contribution in [2.75, 3.05) is 0 Å². The van der Waals surface area contributed by atoms with Gasteiger partial charge in [-0.1, -0.05) is 30.3 Å². The molecule has 0 bridgehead atoms. The fourth-order valence-electron chi connectivity index (χ4n) is 2.85. The van der Waals surface area contributed by atoms with E-state index in [1.807, 2.05) is 0 Å². The molecule has 3 rings (SSSR count). The highest BCUT2D eigenvalue weighted by atomic mass is 19.2. The Kier molecular flexibility index (Phi) is 3.08. The molecule has 0 saturated carbocycles. The van der Waals surface area contributed by atoms with Gasteiger partial charge in [-0.15, -0.1) is 0 Å². The van der Waals surface area contributed by atoms with Crippen molar-refractivity contribution < 1.29 is 26.7 Å². The fourth-order valence-corrected chi connectivity index (χ4v) is 2.85. The van der Waals surface area contributed by atoms with E-state index in [0.717, 1.165) is 0 Å². The van der Waals surface area contributed by atoms with E-state index < -0.39 is 45.9 Å². The molecule has 1 atom stereocenters. The molecule has 0 aromatic heterocycles. The number of rotatable bonds is 2. The summed E-state index contributed by atoms with van der Waals surface area (Å²) in [6, 6.07) is 7.91. The van der Waals surface area contributed by atoms with Crippen LogP contribution in [0.25, 0.3) is 0 Å². The zero-order valence-electron chi connectivity index (χ0n) is 11.7. The second-order valence-electron chi connectivity index (χ2n) is 5.60. The summed E-state index contributed by atoms with van der Waals surface area (Å²) in [5, 5.41) is 0. The van der Waals surface area contributed by atoms with E-state index in [9.17, 15) is 22.0 Å². The Morgan fingerprint density at radius 3 is 1.55 bits per heavy atom. The maximum Gasteiger partial charge on any atom is 0.200 e. The molecule has 1 unspecified atom stereocenters. The SMILES string of the molecule is CC1(C)OC1(c1ccccc1)c1c(F)c(F)c(F)c(F)c1F. The van der Waals surface area contributed by atoms with E-state index in [1.54, 1.807) is 18.2 Å². The largest absolute Gasteiger partial charge is 0.353 e. The van der Waals surface area contributed by atoms with Crippen LogP contribution in [0.15, 0.2) is 30.3 Å². The first-order chi connectivity index (χ1) is 10.2. The van der Waals surface area contributed by atoms with Gasteiger partial charge in [-0.25, -0.2) is 22.0 Å². The van der Waals surface area contributed by atoms with Crippen LogP contribution in [-0.2, 0) is 10.3 Å². The molecule has 0 radical (unpaired) electrons. The van der Waals surface area contributed by atoms with Crippen LogP contribution >= 0.6 is 0 Å². The van der Waals surface area contributed by atoms with Gasteiger partial charge in [-0.05, 0) is 19.4 Å². The van der Waals surface area contributed by atoms with Crippen LogP contribution in [0.2, 0.25) is 0 Å². The van der Waals surface area contributed by atoms with Crippen molar-refractivity contribution in [2.45, 2.75) is 25.0 Å². The van der Waals surface area contributed by atoms with Gasteiger partial charge in [-0.3, -0.25) is 0 Å². The third-order valence-corrected chi connectivity index (χ3v) is 3.96. The van der Waals surface area contributed by atoms with Gasteiger partial charge in [0, 0.05) is 0 Å². The fraction of sp³-hybridized carbons (Fsp3) is 0.250. The summed E-state index contributed by atoms with van der Waals surface area (Å²) < 4.78 is 74.0. The van der Waals surface area contributed by atoms with E-state index in [1.165, 1.54) is 26.0 Å². The number of hydrogen-bond acceptors (Lipinski definition) is 1. The van der Waals surface area contributed by atoms with Gasteiger partial charge in [0.25, 0.3) is 0 Å². The molecule has 2 aromatic rings. The standard InChI is InChI=1S/C16H11F5O/c1-15(2)16(22-15,8-6-4-3-5-7-8)9-10(17)12(19)14(21)13(20)11(9)18/h3-7H,1-2H3. The summed E-state index contributed by atoms with van der Waals surface area (Å²) in [6.07, 6.45) is 0. The maximum absolute atomic E-state index is 14.2. The van der Waals surface area contributed by atoms with Crippen LogP contribution in [0.4, 0.5) is 22.0 Å². The van der Waals surface area contributed by atoms with Gasteiger partial charge in [0.05, 0.1) is 5.56 Å². The first kappa shape index (κ1) is 15.0. The molecular weight excluding hydrogens is 303 g/mol. The van der Waals surface area contributed by atoms with E-state index in [-0.39, 0.29) is 0 Å². The van der Waals surface area contributed by atoms with Crippen LogP contribution in [0.3, 0.4) is 0 Å². The summed E-state index contributed by atoms with van der Waals surface area (Å²) in [4.78, 5) is 0. The molecule has 1 fully saturated rings. The topological polar surface area (TPSA) is 12.5 Å². The quantitative estimate of drug-likeness (QED) is 0.346. The molecule has 0 amide bonds. The van der Waals surface area contributed by atoms with Gasteiger partial charge in [-0.2, -0.15) is 0 Å². The average Bonchev–Trinajstić information content (AvgIpc) is 3.08. The summed E-state index contributed by atoms with van der Waals surface area (Å²) >= 11 is 0. The Morgan fingerprint density at radius 1 is 0.727 bits per heavy atom. The minimum atomic E-state index is -2.18. The van der Waals surface area contributed by atoms with E-state index in [0.29, 0.717) is 5.56 Å². The lowest BCUT2D eigenvalue weighted by Gasteiger charge is -2.19. The Balaban J connectivity index is 2.35. The highest BCUT2D eigenvalue weighted by Gasteiger charge is 2.68. The molecule has 22 heavy (non-hydrogen) atoms. The molecule has 116 valence electrons. The zero-order valence-corrected chi connectivity index (χ0v) is 11.7. The zero-order chi connectivity index (χ0) is 16.3. The summed E-state index contributed by atoms with van der Waals surface area (Å²) in [5.41, 5.74) is -3.45. The Hall–Kier alpha value is -1.95. The monoisotopic (exact) mass is 314 g/mol. The third kappa shape index (κ3) is 1.73. The lowest BCUT2D eigenvalue weighted by Crippen LogP contribution is -2.25. The van der Waals surface area contributed by atoms with Crippen LogP contribution in [0.5, 0.6) is 0 Å². The lowest BCUT2D eigenvalue weighted by atomic mass is 9.81. The molecule has 0 spiro atoms. The van der Waals surface area contributed by atoms with Crippen molar-refractivity contribution in [3.63, 3.8) is 0 Å². The van der Waals surface area contributed by atoms with Gasteiger partial charge in [0.15, 0.2) is 28.9 Å². The second-order valence-corrected chi connectivity index (χ2v) is 5.60. The average molecular weight is 314 g/mol. The highest BCUT2D eigenvalue weighted by Crippen LogP contribution is 2.61. The predicted molar refractivity (Wildman–Crippen MR) is 68.6 cm³/mol. The van der Waals surface area contributed by atoms with E-state index >= 15 is 0 Å². The molecular formula is C16H11F5O. The maximum atomic E-state index is 14.2. The van der Waals surface area contributed by atoms with Crippen molar-refractivity contribution in [3.05, 3.63) is 70.5 Å². The summed E-state index contributed by atoms with van der Waals surface area (Å²) in [5.74, 6) is -9.87. The third-order valence-electron chi connectivity index (χ3n) is 3.96. The Bertz CT molecular complexity index is 728. The van der Waals surface area contributed by atoms with E-state index in [2.05, 4.69) is 0 Å². The first-order valence-corrected chi connectivity index (χ1v) is 6.51. The molecule has 1 saturated heterocycles. The van der Waals surface area contributed by atoms with Crippen molar-refractivity contribution in [1.82, 2.24) is 0 Å². The molecule has 0 aliphatic carbocycles. The van der Waals surface area contributed by atoms with Gasteiger partial charge in [0.2, 0.25) is 5.82 Å². The Morgan fingerprint density at radius 2 is 1.14 bits per heavy atom. The van der Waals surface area contributed by atoms with Crippen molar-refractivity contribution >= 4 is 0 Å². The minimum absolute atomic E-state index is 0.322. The van der Waals surface area contributed by atoms with Crippen LogP contribution < -0.4 is 0 Å². The molecule has 6 heteroatoms. The second kappa shape index (κ2) is 4.52. The van der Waals surface area contributed by atoms with Crippen molar-refractivity contribution in [2.24, 2.45) is 0 Å². The van der Waals surface area contributed by atoms with Crippen LogP contribution in [0.1, 0.15) is 25.0 Å². The van der Waals surface area contributed by atoms with Crippen molar-refractivity contribution in [1.29, 1.82) is 0 Å². The summed E-state index contributed by atoms with van der Waals surface area (Å²) in [7, 11) is 0. The van der Waals surface area contributed by atoms with Crippen LogP contribution in [0, 0.1) is 29.1 Å². The minimum Gasteiger partial charge on any atom is -0.353 e. The molecule has 2 aromatic carbocycles.